The van der Waals surface area contributed by atoms with E-state index in [0.717, 1.165) is 5.92 Å². The molecule has 2 rings (SSSR count). The highest BCUT2D eigenvalue weighted by Gasteiger charge is 2.24. The van der Waals surface area contributed by atoms with E-state index in [1.54, 1.807) is 0 Å². The number of nitrogens with one attached hydrogen (secondary N) is 1. The zero-order chi connectivity index (χ0) is 15.1. The first kappa shape index (κ1) is 16.5. The van der Waals surface area contributed by atoms with Crippen LogP contribution in [0.15, 0.2) is 30.3 Å². The van der Waals surface area contributed by atoms with Crippen molar-refractivity contribution in [1.82, 2.24) is 10.2 Å². The quantitative estimate of drug-likeness (QED) is 0.822. The largest absolute Gasteiger partial charge is 0.317 e. The Kier molecular flexibility index (Phi) is 6.72. The molecule has 1 saturated heterocycles. The van der Waals surface area contributed by atoms with Crippen molar-refractivity contribution in [3.8, 4) is 0 Å². The standard InChI is InChI=1S/C19H32N2/c1-4-19(14-17-8-6-5-7-9-17)21(16(2)3)15-18-10-12-20-13-11-18/h5-9,16,18-20H,4,10-15H2,1-3H3. The molecule has 1 fully saturated rings. The monoisotopic (exact) mass is 288 g/mol. The molecule has 2 nitrogen and oxygen atoms in total. The summed E-state index contributed by atoms with van der Waals surface area (Å²) < 4.78 is 0. The average molecular weight is 288 g/mol. The molecule has 2 heteroatoms. The zero-order valence-electron chi connectivity index (χ0n) is 14.0. The first-order valence-corrected chi connectivity index (χ1v) is 8.71. The number of hydrogen-bond donors (Lipinski definition) is 1. The molecule has 0 spiro atoms. The van der Waals surface area contributed by atoms with Crippen molar-refractivity contribution in [2.45, 2.75) is 58.5 Å². The molecule has 0 bridgehead atoms. The van der Waals surface area contributed by atoms with Gasteiger partial charge in [0.15, 0.2) is 0 Å². The maximum absolute atomic E-state index is 3.48. The van der Waals surface area contributed by atoms with Crippen LogP contribution < -0.4 is 5.32 Å². The van der Waals surface area contributed by atoms with Crippen molar-refractivity contribution in [2.75, 3.05) is 19.6 Å². The van der Waals surface area contributed by atoms with Crippen molar-refractivity contribution in [1.29, 1.82) is 0 Å². The summed E-state index contributed by atoms with van der Waals surface area (Å²) in [6.07, 6.45) is 5.09. The summed E-state index contributed by atoms with van der Waals surface area (Å²) in [5, 5.41) is 3.48. The molecule has 1 unspecified atom stereocenters. The molecule has 0 amide bonds. The van der Waals surface area contributed by atoms with Gasteiger partial charge in [0.1, 0.15) is 0 Å². The van der Waals surface area contributed by atoms with Crippen LogP contribution >= 0.6 is 0 Å². The molecule has 0 aliphatic carbocycles. The summed E-state index contributed by atoms with van der Waals surface area (Å²) in [5.74, 6) is 0.874. The van der Waals surface area contributed by atoms with Gasteiger partial charge >= 0.3 is 0 Å². The Morgan fingerprint density at radius 1 is 1.14 bits per heavy atom. The normalized spacial score (nSPS) is 18.3. The first-order valence-electron chi connectivity index (χ1n) is 8.71. The highest BCUT2D eigenvalue weighted by molar-refractivity contribution is 5.16. The van der Waals surface area contributed by atoms with Gasteiger partial charge in [-0.25, -0.2) is 0 Å². The van der Waals surface area contributed by atoms with Crippen LogP contribution in [0.1, 0.15) is 45.6 Å². The molecule has 0 radical (unpaired) electrons. The van der Waals surface area contributed by atoms with Crippen LogP contribution in [0.25, 0.3) is 0 Å². The fourth-order valence-corrected chi connectivity index (χ4v) is 3.53. The summed E-state index contributed by atoms with van der Waals surface area (Å²) in [4.78, 5) is 2.75. The third-order valence-corrected chi connectivity index (χ3v) is 4.85. The maximum atomic E-state index is 3.48. The average Bonchev–Trinajstić information content (AvgIpc) is 2.52. The number of nitrogens with zero attached hydrogens (tertiary/aromatic N) is 1. The van der Waals surface area contributed by atoms with Crippen LogP contribution in [0.3, 0.4) is 0 Å². The minimum atomic E-state index is 0.633. The molecule has 1 N–H and O–H groups in total. The molecule has 118 valence electrons. The molecule has 0 saturated carbocycles. The van der Waals surface area contributed by atoms with Gasteiger partial charge in [0, 0.05) is 18.6 Å². The minimum absolute atomic E-state index is 0.633. The van der Waals surface area contributed by atoms with Gasteiger partial charge < -0.3 is 5.32 Å². The Hall–Kier alpha value is -0.860. The summed E-state index contributed by atoms with van der Waals surface area (Å²) in [5.41, 5.74) is 1.47. The van der Waals surface area contributed by atoms with E-state index < -0.39 is 0 Å². The summed E-state index contributed by atoms with van der Waals surface area (Å²) in [6, 6.07) is 12.3. The lowest BCUT2D eigenvalue weighted by Gasteiger charge is -2.38. The van der Waals surface area contributed by atoms with Crippen LogP contribution in [-0.4, -0.2) is 36.6 Å². The van der Waals surface area contributed by atoms with Crippen molar-refractivity contribution in [2.24, 2.45) is 5.92 Å². The van der Waals surface area contributed by atoms with Crippen molar-refractivity contribution >= 4 is 0 Å². The van der Waals surface area contributed by atoms with E-state index >= 15 is 0 Å². The van der Waals surface area contributed by atoms with Gasteiger partial charge in [-0.15, -0.1) is 0 Å². The molecule has 1 heterocycles. The maximum Gasteiger partial charge on any atom is 0.0136 e. The van der Waals surface area contributed by atoms with Crippen LogP contribution in [0, 0.1) is 5.92 Å². The second-order valence-electron chi connectivity index (χ2n) is 6.74. The van der Waals surface area contributed by atoms with Crippen molar-refractivity contribution < 1.29 is 0 Å². The second-order valence-corrected chi connectivity index (χ2v) is 6.74. The van der Waals surface area contributed by atoms with Crippen molar-refractivity contribution in [3.05, 3.63) is 35.9 Å². The lowest BCUT2D eigenvalue weighted by molar-refractivity contribution is 0.112. The van der Waals surface area contributed by atoms with Gasteiger partial charge in [0.05, 0.1) is 0 Å². The highest BCUT2D eigenvalue weighted by atomic mass is 15.2. The van der Waals surface area contributed by atoms with Crippen LogP contribution in [0.5, 0.6) is 0 Å². The first-order chi connectivity index (χ1) is 10.2. The predicted octanol–water partition coefficient (Wildman–Crippen LogP) is 3.72. The van der Waals surface area contributed by atoms with E-state index in [1.807, 2.05) is 0 Å². The fourth-order valence-electron chi connectivity index (χ4n) is 3.53. The van der Waals surface area contributed by atoms with Crippen LogP contribution in [0.4, 0.5) is 0 Å². The molecule has 1 atom stereocenters. The van der Waals surface area contributed by atoms with Crippen LogP contribution in [-0.2, 0) is 6.42 Å². The molecule has 1 aliphatic rings. The van der Waals surface area contributed by atoms with E-state index in [1.165, 1.54) is 50.9 Å². The Bertz CT molecular complexity index is 382. The van der Waals surface area contributed by atoms with Gasteiger partial charge in [-0.2, -0.15) is 0 Å². The SMILES string of the molecule is CCC(Cc1ccccc1)N(CC1CCNCC1)C(C)C. The Morgan fingerprint density at radius 3 is 2.38 bits per heavy atom. The molecular weight excluding hydrogens is 256 g/mol. The Balaban J connectivity index is 1.99. The van der Waals surface area contributed by atoms with Crippen LogP contribution in [0.2, 0.25) is 0 Å². The van der Waals surface area contributed by atoms with Gasteiger partial charge in [-0.3, -0.25) is 4.90 Å². The Morgan fingerprint density at radius 2 is 1.81 bits per heavy atom. The molecule has 0 aromatic heterocycles. The lowest BCUT2D eigenvalue weighted by Crippen LogP contribution is -2.46. The molecule has 21 heavy (non-hydrogen) atoms. The smallest absolute Gasteiger partial charge is 0.0136 e. The number of piperidine rings is 1. The predicted molar refractivity (Wildman–Crippen MR) is 91.7 cm³/mol. The van der Waals surface area contributed by atoms with E-state index in [4.69, 9.17) is 0 Å². The number of hydrogen-bond acceptors (Lipinski definition) is 2. The van der Waals surface area contributed by atoms with Gasteiger partial charge in [-0.1, -0.05) is 37.3 Å². The van der Waals surface area contributed by atoms with Crippen molar-refractivity contribution in [3.63, 3.8) is 0 Å². The summed E-state index contributed by atoms with van der Waals surface area (Å²) in [6.45, 7) is 10.7. The zero-order valence-corrected chi connectivity index (χ0v) is 14.0. The van der Waals surface area contributed by atoms with E-state index in [2.05, 4.69) is 61.3 Å². The molecule has 1 aromatic rings. The fraction of sp³-hybridized carbons (Fsp3) is 0.684. The van der Waals surface area contributed by atoms with E-state index in [0.29, 0.717) is 12.1 Å². The van der Waals surface area contributed by atoms with E-state index in [-0.39, 0.29) is 0 Å². The highest BCUT2D eigenvalue weighted by Crippen LogP contribution is 2.20. The Labute approximate surface area is 130 Å². The molecule has 1 aliphatic heterocycles. The second kappa shape index (κ2) is 8.55. The molecular formula is C19H32N2. The summed E-state index contributed by atoms with van der Waals surface area (Å²) in [7, 11) is 0. The van der Waals surface area contributed by atoms with Gasteiger partial charge in [0.25, 0.3) is 0 Å². The summed E-state index contributed by atoms with van der Waals surface area (Å²) >= 11 is 0. The van der Waals surface area contributed by atoms with Gasteiger partial charge in [-0.05, 0) is 64.1 Å². The third-order valence-electron chi connectivity index (χ3n) is 4.85. The number of benzene rings is 1. The minimum Gasteiger partial charge on any atom is -0.317 e. The number of rotatable bonds is 7. The topological polar surface area (TPSA) is 15.3 Å². The van der Waals surface area contributed by atoms with E-state index in [9.17, 15) is 0 Å². The molecule has 1 aromatic carbocycles. The lowest BCUT2D eigenvalue weighted by atomic mass is 9.94. The van der Waals surface area contributed by atoms with Gasteiger partial charge in [0.2, 0.25) is 0 Å². The third kappa shape index (κ3) is 5.12.